The van der Waals surface area contributed by atoms with E-state index in [2.05, 4.69) is 0 Å². The summed E-state index contributed by atoms with van der Waals surface area (Å²) in [5, 5.41) is -1.85. The van der Waals surface area contributed by atoms with Gasteiger partial charge in [-0.2, -0.15) is 26.3 Å². The topological polar surface area (TPSA) is 0 Å². The van der Waals surface area contributed by atoms with Crippen molar-refractivity contribution in [2.75, 3.05) is 0 Å². The van der Waals surface area contributed by atoms with Crippen LogP contribution >= 0.6 is 23.2 Å². The Balaban J connectivity index is 3.39. The molecule has 0 aromatic heterocycles. The lowest BCUT2D eigenvalue weighted by molar-refractivity contribution is -0.325. The number of halogens is 9. The average Bonchev–Trinajstić information content (AvgIpc) is 2.11. The van der Waals surface area contributed by atoms with Gasteiger partial charge < -0.3 is 0 Å². The number of alkyl halides is 8. The Kier molecular flexibility index (Phi) is 3.99. The molecule has 0 aromatic rings. The largest absolute Gasteiger partial charge is 0.435 e. The van der Waals surface area contributed by atoms with Gasteiger partial charge in [-0.05, 0) is 6.08 Å². The van der Waals surface area contributed by atoms with Gasteiger partial charge in [0.1, 0.15) is 0 Å². The molecule has 0 amide bonds. The first-order valence-electron chi connectivity index (χ1n) is 4.30. The molecule has 1 rings (SSSR count). The smallest absolute Gasteiger partial charge is 0.218 e. The molecule has 1 aliphatic rings. The molecule has 0 spiro atoms. The first-order chi connectivity index (χ1) is 7.89. The van der Waals surface area contributed by atoms with E-state index in [0.29, 0.717) is 6.08 Å². The average molecular weight is 316 g/mol. The fraction of sp³-hybridized carbons (Fsp3) is 0.444. The Morgan fingerprint density at radius 1 is 0.944 bits per heavy atom. The summed E-state index contributed by atoms with van der Waals surface area (Å²) in [5.41, 5.74) is -7.17. The van der Waals surface area contributed by atoms with Crippen molar-refractivity contribution in [3.63, 3.8) is 0 Å². The summed E-state index contributed by atoms with van der Waals surface area (Å²) in [7, 11) is 0. The van der Waals surface area contributed by atoms with Crippen LogP contribution in [0.15, 0.2) is 22.8 Å². The predicted octanol–water partition coefficient (Wildman–Crippen LogP) is 4.69. The molecule has 0 aromatic carbocycles. The van der Waals surface area contributed by atoms with Crippen LogP contribution in [0.3, 0.4) is 0 Å². The second kappa shape index (κ2) is 4.59. The second-order valence-electron chi connectivity index (χ2n) is 3.42. The van der Waals surface area contributed by atoms with E-state index in [-0.39, 0.29) is 6.08 Å². The first-order valence-corrected chi connectivity index (χ1v) is 5.12. The Morgan fingerprint density at radius 2 is 1.39 bits per heavy atom. The van der Waals surface area contributed by atoms with Crippen LogP contribution in [0.4, 0.5) is 30.7 Å². The van der Waals surface area contributed by atoms with E-state index in [9.17, 15) is 30.7 Å². The van der Waals surface area contributed by atoms with E-state index in [1.54, 1.807) is 0 Å². The summed E-state index contributed by atoms with van der Waals surface area (Å²) in [4.78, 5) is 0. The van der Waals surface area contributed by atoms with Crippen molar-refractivity contribution in [2.24, 2.45) is 0 Å². The molecule has 1 aliphatic carbocycles. The molecule has 1 atom stereocenters. The molecule has 0 fully saturated rings. The third kappa shape index (κ3) is 2.61. The van der Waals surface area contributed by atoms with Crippen molar-refractivity contribution in [1.82, 2.24) is 0 Å². The van der Waals surface area contributed by atoms with Crippen molar-refractivity contribution in [1.29, 1.82) is 0 Å². The van der Waals surface area contributed by atoms with Crippen LogP contribution < -0.4 is 0 Å². The Labute approximate surface area is 107 Å². The van der Waals surface area contributed by atoms with Crippen molar-refractivity contribution in [3.8, 4) is 0 Å². The van der Waals surface area contributed by atoms with Gasteiger partial charge in [-0.15, -0.1) is 11.6 Å². The zero-order valence-corrected chi connectivity index (χ0v) is 9.72. The van der Waals surface area contributed by atoms with E-state index < -0.39 is 34.0 Å². The summed E-state index contributed by atoms with van der Waals surface area (Å²) < 4.78 is 87.8. The third-order valence-corrected chi connectivity index (χ3v) is 2.62. The van der Waals surface area contributed by atoms with Crippen LogP contribution in [0.25, 0.3) is 0 Å². The molecule has 0 nitrogen and oxygen atoms in total. The van der Waals surface area contributed by atoms with Gasteiger partial charge in [0.05, 0.1) is 5.38 Å². The van der Waals surface area contributed by atoms with E-state index in [1.165, 1.54) is 0 Å². The molecule has 1 radical (unpaired) electrons. The SMILES string of the molecule is FC(F)(F)C(F)(C1=CC(Cl)[CH]C(Cl)=C1)C(F)(F)F. The van der Waals surface area contributed by atoms with Crippen molar-refractivity contribution < 1.29 is 30.7 Å². The van der Waals surface area contributed by atoms with E-state index in [4.69, 9.17) is 23.2 Å². The molecule has 9 heteroatoms. The molecular formula is C9H4Cl2F7. The van der Waals surface area contributed by atoms with Gasteiger partial charge in [0, 0.05) is 17.0 Å². The van der Waals surface area contributed by atoms with Crippen LogP contribution in [0, 0.1) is 6.42 Å². The normalized spacial score (nSPS) is 22.6. The summed E-state index contributed by atoms with van der Waals surface area (Å²) >= 11 is 10.6. The number of allylic oxidation sites excluding steroid dienone is 4. The van der Waals surface area contributed by atoms with Crippen LogP contribution in [-0.4, -0.2) is 23.4 Å². The third-order valence-electron chi connectivity index (χ3n) is 2.13. The molecule has 0 bridgehead atoms. The van der Waals surface area contributed by atoms with Gasteiger partial charge in [0.25, 0.3) is 0 Å². The van der Waals surface area contributed by atoms with E-state index in [1.807, 2.05) is 0 Å². The Morgan fingerprint density at radius 3 is 1.72 bits per heavy atom. The number of rotatable bonds is 1. The van der Waals surface area contributed by atoms with E-state index >= 15 is 0 Å². The van der Waals surface area contributed by atoms with Crippen LogP contribution in [0.2, 0.25) is 0 Å². The van der Waals surface area contributed by atoms with Crippen molar-refractivity contribution in [2.45, 2.75) is 23.4 Å². The molecule has 0 aliphatic heterocycles. The zero-order valence-electron chi connectivity index (χ0n) is 8.21. The predicted molar refractivity (Wildman–Crippen MR) is 51.9 cm³/mol. The van der Waals surface area contributed by atoms with Gasteiger partial charge in [0.15, 0.2) is 0 Å². The monoisotopic (exact) mass is 315 g/mol. The van der Waals surface area contributed by atoms with Gasteiger partial charge in [-0.3, -0.25) is 0 Å². The highest BCUT2D eigenvalue weighted by molar-refractivity contribution is 6.33. The number of hydrogen-bond donors (Lipinski definition) is 0. The van der Waals surface area contributed by atoms with Crippen LogP contribution in [-0.2, 0) is 0 Å². The summed E-state index contributed by atoms with van der Waals surface area (Å²) in [6, 6.07) is 0. The highest BCUT2D eigenvalue weighted by Crippen LogP contribution is 2.52. The highest BCUT2D eigenvalue weighted by atomic mass is 35.5. The fourth-order valence-electron chi connectivity index (χ4n) is 1.32. The van der Waals surface area contributed by atoms with Gasteiger partial charge in [-0.1, -0.05) is 17.7 Å². The van der Waals surface area contributed by atoms with Crippen LogP contribution in [0.1, 0.15) is 0 Å². The van der Waals surface area contributed by atoms with Crippen molar-refractivity contribution in [3.05, 3.63) is 29.2 Å². The molecule has 0 saturated heterocycles. The lowest BCUT2D eigenvalue weighted by Gasteiger charge is -2.32. The fourth-order valence-corrected chi connectivity index (χ4v) is 1.91. The minimum absolute atomic E-state index is 0.251. The standard InChI is InChI=1S/C9H4Cl2F7/c10-5-1-4(2-6(11)3-5)7(12,8(13,14)15)9(16,17)18/h1-3,5H. The first kappa shape index (κ1) is 15.6. The zero-order chi connectivity index (χ0) is 14.4. The lowest BCUT2D eigenvalue weighted by Crippen LogP contribution is -2.54. The lowest BCUT2D eigenvalue weighted by atomic mass is 9.89. The maximum atomic E-state index is 13.5. The molecule has 0 heterocycles. The van der Waals surface area contributed by atoms with Crippen molar-refractivity contribution >= 4 is 23.2 Å². The summed E-state index contributed by atoms with van der Waals surface area (Å²) in [5.74, 6) is 0. The molecule has 0 saturated carbocycles. The van der Waals surface area contributed by atoms with Crippen LogP contribution in [0.5, 0.6) is 0 Å². The minimum Gasteiger partial charge on any atom is -0.218 e. The molecule has 0 N–H and O–H groups in total. The molecule has 103 valence electrons. The second-order valence-corrected chi connectivity index (χ2v) is 4.36. The number of hydrogen-bond acceptors (Lipinski definition) is 0. The summed E-state index contributed by atoms with van der Waals surface area (Å²) in [6.45, 7) is 0. The quantitative estimate of drug-likeness (QED) is 0.486. The molecular weight excluding hydrogens is 312 g/mol. The van der Waals surface area contributed by atoms with Gasteiger partial charge >= 0.3 is 18.0 Å². The summed E-state index contributed by atoms with van der Waals surface area (Å²) in [6.07, 6.45) is -10.8. The Bertz CT molecular complexity index is 377. The Hall–Kier alpha value is -0.430. The highest BCUT2D eigenvalue weighted by Gasteiger charge is 2.74. The maximum Gasteiger partial charge on any atom is 0.435 e. The maximum absolute atomic E-state index is 13.5. The molecule has 18 heavy (non-hydrogen) atoms. The van der Waals surface area contributed by atoms with Gasteiger partial charge in [-0.25, -0.2) is 4.39 Å². The van der Waals surface area contributed by atoms with E-state index in [0.717, 1.165) is 6.42 Å². The van der Waals surface area contributed by atoms with Gasteiger partial charge in [0.2, 0.25) is 0 Å². The minimum atomic E-state index is -6.17. The molecule has 1 unspecified atom stereocenters.